The Bertz CT molecular complexity index is 288. The van der Waals surface area contributed by atoms with Crippen LogP contribution < -0.4 is 10.6 Å². The number of aliphatic hydroxyl groups excluding tert-OH is 1. The lowest BCUT2D eigenvalue weighted by atomic mass is 9.89. The fourth-order valence-electron chi connectivity index (χ4n) is 2.21. The molecule has 0 aromatic carbocycles. The molecule has 0 aliphatic heterocycles. The molecule has 1 aliphatic rings. The van der Waals surface area contributed by atoms with Crippen LogP contribution in [0.25, 0.3) is 0 Å². The van der Waals surface area contributed by atoms with Gasteiger partial charge in [-0.25, -0.2) is 9.59 Å². The Hall–Kier alpha value is -1.30. The highest BCUT2D eigenvalue weighted by molar-refractivity contribution is 5.82. The first-order chi connectivity index (χ1) is 8.50. The molecule has 2 atom stereocenters. The lowest BCUT2D eigenvalue weighted by Crippen LogP contribution is -2.51. The molecule has 0 radical (unpaired) electrons. The van der Waals surface area contributed by atoms with Crippen molar-refractivity contribution in [1.29, 1.82) is 0 Å². The van der Waals surface area contributed by atoms with Crippen molar-refractivity contribution in [2.24, 2.45) is 5.92 Å². The predicted molar refractivity (Wildman–Crippen MR) is 66.2 cm³/mol. The van der Waals surface area contributed by atoms with E-state index in [-0.39, 0.29) is 0 Å². The highest BCUT2D eigenvalue weighted by Gasteiger charge is 2.25. The zero-order chi connectivity index (χ0) is 13.5. The molecule has 1 rings (SSSR count). The van der Waals surface area contributed by atoms with Gasteiger partial charge in [-0.1, -0.05) is 19.3 Å². The molecule has 0 aromatic rings. The molecule has 0 unspecified atom stereocenters. The minimum absolute atomic E-state index is 0.485. The molecule has 1 aliphatic carbocycles. The second-order valence-corrected chi connectivity index (χ2v) is 4.91. The second-order valence-electron chi connectivity index (χ2n) is 4.91. The molecule has 104 valence electrons. The summed E-state index contributed by atoms with van der Waals surface area (Å²) in [4.78, 5) is 22.3. The van der Waals surface area contributed by atoms with Gasteiger partial charge in [-0.15, -0.1) is 0 Å². The maximum Gasteiger partial charge on any atom is 0.328 e. The van der Waals surface area contributed by atoms with Gasteiger partial charge < -0.3 is 20.8 Å². The molecule has 0 saturated heterocycles. The number of hydrogen-bond acceptors (Lipinski definition) is 3. The van der Waals surface area contributed by atoms with Gasteiger partial charge in [0.25, 0.3) is 0 Å². The van der Waals surface area contributed by atoms with Crippen molar-refractivity contribution in [2.75, 3.05) is 6.54 Å². The van der Waals surface area contributed by atoms with Crippen molar-refractivity contribution in [3.8, 4) is 0 Å². The standard InChI is InChI=1S/C12H22N2O4/c1-8(15)10(11(16)17)14-12(18)13-7-9-5-3-2-4-6-9/h8-10,15H,2-7H2,1H3,(H,16,17)(H2,13,14,18)/t8-,10+/m1/s1. The second kappa shape index (κ2) is 7.20. The first-order valence-corrected chi connectivity index (χ1v) is 6.46. The van der Waals surface area contributed by atoms with E-state index in [1.54, 1.807) is 0 Å². The smallest absolute Gasteiger partial charge is 0.328 e. The number of hydrogen-bond donors (Lipinski definition) is 4. The summed E-state index contributed by atoms with van der Waals surface area (Å²) in [6.07, 6.45) is 4.74. The molecule has 0 heterocycles. The number of aliphatic hydroxyl groups is 1. The van der Waals surface area contributed by atoms with Crippen molar-refractivity contribution in [2.45, 2.75) is 51.2 Å². The van der Waals surface area contributed by atoms with E-state index in [1.165, 1.54) is 26.2 Å². The number of carboxylic acids is 1. The predicted octanol–water partition coefficient (Wildman–Crippen LogP) is 0.700. The topological polar surface area (TPSA) is 98.7 Å². The monoisotopic (exact) mass is 258 g/mol. The summed E-state index contributed by atoms with van der Waals surface area (Å²) in [6, 6.07) is -1.80. The SMILES string of the molecule is C[C@@H](O)[C@H](NC(=O)NCC1CCCCC1)C(=O)O. The van der Waals surface area contributed by atoms with Crippen LogP contribution in [0.2, 0.25) is 0 Å². The van der Waals surface area contributed by atoms with E-state index in [2.05, 4.69) is 10.6 Å². The van der Waals surface area contributed by atoms with Crippen molar-refractivity contribution in [3.63, 3.8) is 0 Å². The maximum atomic E-state index is 11.5. The third-order valence-electron chi connectivity index (χ3n) is 3.31. The van der Waals surface area contributed by atoms with Crippen molar-refractivity contribution in [3.05, 3.63) is 0 Å². The number of carboxylic acid groups (broad SMARTS) is 1. The van der Waals surface area contributed by atoms with Crippen LogP contribution in [0.15, 0.2) is 0 Å². The third-order valence-corrected chi connectivity index (χ3v) is 3.31. The van der Waals surface area contributed by atoms with Crippen LogP contribution >= 0.6 is 0 Å². The Morgan fingerprint density at radius 3 is 2.39 bits per heavy atom. The first-order valence-electron chi connectivity index (χ1n) is 6.46. The molecule has 6 heteroatoms. The van der Waals surface area contributed by atoms with Gasteiger partial charge in [0.1, 0.15) is 0 Å². The van der Waals surface area contributed by atoms with Crippen LogP contribution in [0.3, 0.4) is 0 Å². The van der Waals surface area contributed by atoms with Gasteiger partial charge in [0.2, 0.25) is 0 Å². The van der Waals surface area contributed by atoms with E-state index in [0.717, 1.165) is 12.8 Å². The quantitative estimate of drug-likeness (QED) is 0.583. The number of rotatable bonds is 5. The van der Waals surface area contributed by atoms with Crippen LogP contribution in [-0.2, 0) is 4.79 Å². The van der Waals surface area contributed by atoms with E-state index >= 15 is 0 Å². The van der Waals surface area contributed by atoms with E-state index in [9.17, 15) is 14.7 Å². The Kier molecular flexibility index (Phi) is 5.91. The molecule has 0 bridgehead atoms. The molecule has 0 aromatic heterocycles. The molecule has 18 heavy (non-hydrogen) atoms. The van der Waals surface area contributed by atoms with Crippen LogP contribution in [0.5, 0.6) is 0 Å². The van der Waals surface area contributed by atoms with Crippen LogP contribution in [-0.4, -0.2) is 40.9 Å². The number of amides is 2. The Morgan fingerprint density at radius 1 is 1.28 bits per heavy atom. The van der Waals surface area contributed by atoms with Crippen LogP contribution in [0, 0.1) is 5.92 Å². The zero-order valence-corrected chi connectivity index (χ0v) is 10.7. The molecule has 6 nitrogen and oxygen atoms in total. The van der Waals surface area contributed by atoms with Gasteiger partial charge in [0.15, 0.2) is 6.04 Å². The molecule has 1 fully saturated rings. The van der Waals surface area contributed by atoms with Crippen LogP contribution in [0.4, 0.5) is 4.79 Å². The summed E-state index contributed by atoms with van der Waals surface area (Å²) in [5, 5.41) is 23.0. The van der Waals surface area contributed by atoms with E-state index in [0.29, 0.717) is 12.5 Å². The minimum atomic E-state index is -1.27. The molecule has 0 spiro atoms. The van der Waals surface area contributed by atoms with Gasteiger partial charge in [-0.2, -0.15) is 0 Å². The summed E-state index contributed by atoms with van der Waals surface area (Å²) in [5.41, 5.74) is 0. The highest BCUT2D eigenvalue weighted by Crippen LogP contribution is 2.22. The molecule has 1 saturated carbocycles. The number of carbonyl (C=O) groups excluding carboxylic acids is 1. The van der Waals surface area contributed by atoms with Gasteiger partial charge in [0.05, 0.1) is 6.10 Å². The van der Waals surface area contributed by atoms with E-state index < -0.39 is 24.1 Å². The van der Waals surface area contributed by atoms with Gasteiger partial charge >= 0.3 is 12.0 Å². The molecular formula is C12H22N2O4. The number of aliphatic carboxylic acids is 1. The van der Waals surface area contributed by atoms with Crippen molar-refractivity contribution < 1.29 is 19.8 Å². The summed E-state index contributed by atoms with van der Waals surface area (Å²) in [7, 11) is 0. The number of nitrogens with one attached hydrogen (secondary N) is 2. The number of carbonyl (C=O) groups is 2. The van der Waals surface area contributed by atoms with Crippen molar-refractivity contribution >= 4 is 12.0 Å². The Balaban J connectivity index is 2.29. The Labute approximate surface area is 107 Å². The third kappa shape index (κ3) is 4.91. The largest absolute Gasteiger partial charge is 0.480 e. The van der Waals surface area contributed by atoms with Crippen LogP contribution in [0.1, 0.15) is 39.0 Å². The summed E-state index contributed by atoms with van der Waals surface area (Å²) in [5.74, 6) is -0.753. The fourth-order valence-corrected chi connectivity index (χ4v) is 2.21. The lowest BCUT2D eigenvalue weighted by molar-refractivity contribution is -0.141. The summed E-state index contributed by atoms with van der Waals surface area (Å²) >= 11 is 0. The van der Waals surface area contributed by atoms with Gasteiger partial charge in [-0.05, 0) is 25.7 Å². The minimum Gasteiger partial charge on any atom is -0.480 e. The highest BCUT2D eigenvalue weighted by atomic mass is 16.4. The van der Waals surface area contributed by atoms with Crippen molar-refractivity contribution in [1.82, 2.24) is 10.6 Å². The summed E-state index contributed by atoms with van der Waals surface area (Å²) < 4.78 is 0. The zero-order valence-electron chi connectivity index (χ0n) is 10.7. The summed E-state index contributed by atoms with van der Waals surface area (Å²) in [6.45, 7) is 1.90. The Morgan fingerprint density at radius 2 is 1.89 bits per heavy atom. The van der Waals surface area contributed by atoms with Gasteiger partial charge in [-0.3, -0.25) is 0 Å². The fraction of sp³-hybridized carbons (Fsp3) is 0.833. The molecule has 2 amide bonds. The number of urea groups is 1. The average Bonchev–Trinajstić information content (AvgIpc) is 2.34. The lowest BCUT2D eigenvalue weighted by Gasteiger charge is -2.23. The van der Waals surface area contributed by atoms with Gasteiger partial charge in [0, 0.05) is 6.54 Å². The maximum absolute atomic E-state index is 11.5. The first kappa shape index (κ1) is 14.8. The molecular weight excluding hydrogens is 236 g/mol. The van der Waals surface area contributed by atoms with E-state index in [1.807, 2.05) is 0 Å². The normalized spacial score (nSPS) is 19.9. The molecule has 4 N–H and O–H groups in total. The average molecular weight is 258 g/mol. The van der Waals surface area contributed by atoms with E-state index in [4.69, 9.17) is 5.11 Å².